The van der Waals surface area contributed by atoms with Crippen LogP contribution in [0.3, 0.4) is 0 Å². The van der Waals surface area contributed by atoms with Gasteiger partial charge in [-0.05, 0) is 13.8 Å². The van der Waals surface area contributed by atoms with Gasteiger partial charge in [0.05, 0.1) is 17.5 Å². The molecule has 5 heteroatoms. The zero-order valence-electron chi connectivity index (χ0n) is 9.86. The van der Waals surface area contributed by atoms with Crippen LogP contribution in [0.5, 0.6) is 0 Å². The van der Waals surface area contributed by atoms with Crippen LogP contribution in [0.4, 0.5) is 0 Å². The average molecular weight is 239 g/mol. The van der Waals surface area contributed by atoms with E-state index in [0.29, 0.717) is 0 Å². The van der Waals surface area contributed by atoms with E-state index in [2.05, 4.69) is 40.1 Å². The highest BCUT2D eigenvalue weighted by atomic mass is 32.1. The van der Waals surface area contributed by atoms with Crippen molar-refractivity contribution < 1.29 is 4.74 Å². The van der Waals surface area contributed by atoms with Crippen molar-refractivity contribution in [1.82, 2.24) is 14.7 Å². The summed E-state index contributed by atoms with van der Waals surface area (Å²) in [6.45, 7) is 5.79. The highest BCUT2D eigenvalue weighted by molar-refractivity contribution is 7.15. The summed E-state index contributed by atoms with van der Waals surface area (Å²) in [7, 11) is 1.73. The number of hydrogen-bond acceptors (Lipinski definition) is 4. The molecule has 0 saturated heterocycles. The summed E-state index contributed by atoms with van der Waals surface area (Å²) in [4.78, 5) is 5.57. The SMILES string of the molecule is COC(C)CNCc1c(C)nc2sccn12. The normalized spacial score (nSPS) is 13.4. The minimum atomic E-state index is 0.242. The zero-order chi connectivity index (χ0) is 11.5. The van der Waals surface area contributed by atoms with Crippen LogP contribution in [0.25, 0.3) is 4.96 Å². The Morgan fingerprint density at radius 2 is 2.44 bits per heavy atom. The van der Waals surface area contributed by atoms with Crippen molar-refractivity contribution >= 4 is 16.3 Å². The number of hydrogen-bond donors (Lipinski definition) is 1. The second-order valence-corrected chi connectivity index (χ2v) is 4.75. The molecule has 0 aliphatic carbocycles. The summed E-state index contributed by atoms with van der Waals surface area (Å²) >= 11 is 1.67. The van der Waals surface area contributed by atoms with Gasteiger partial charge in [-0.1, -0.05) is 0 Å². The van der Waals surface area contributed by atoms with E-state index in [-0.39, 0.29) is 6.10 Å². The van der Waals surface area contributed by atoms with Crippen LogP contribution in [0.15, 0.2) is 11.6 Å². The minimum absolute atomic E-state index is 0.242. The molecule has 4 nitrogen and oxygen atoms in total. The predicted molar refractivity (Wildman–Crippen MR) is 66.0 cm³/mol. The number of methoxy groups -OCH3 is 1. The number of ether oxygens (including phenoxy) is 1. The molecular weight excluding hydrogens is 222 g/mol. The van der Waals surface area contributed by atoms with E-state index in [4.69, 9.17) is 4.74 Å². The van der Waals surface area contributed by atoms with Gasteiger partial charge >= 0.3 is 0 Å². The van der Waals surface area contributed by atoms with Gasteiger partial charge in [0.2, 0.25) is 0 Å². The Morgan fingerprint density at radius 1 is 1.62 bits per heavy atom. The first-order chi connectivity index (χ1) is 7.72. The second kappa shape index (κ2) is 4.95. The molecule has 0 aliphatic rings. The third-order valence-electron chi connectivity index (χ3n) is 2.69. The largest absolute Gasteiger partial charge is 0.380 e. The van der Waals surface area contributed by atoms with Crippen LogP contribution in [0.2, 0.25) is 0 Å². The Hall–Kier alpha value is -0.910. The van der Waals surface area contributed by atoms with E-state index in [1.54, 1.807) is 18.4 Å². The van der Waals surface area contributed by atoms with Crippen LogP contribution < -0.4 is 5.32 Å². The molecule has 1 N–H and O–H groups in total. The lowest BCUT2D eigenvalue weighted by Gasteiger charge is -2.10. The number of rotatable bonds is 5. The molecule has 88 valence electrons. The van der Waals surface area contributed by atoms with Gasteiger partial charge in [0, 0.05) is 31.8 Å². The average Bonchev–Trinajstić information content (AvgIpc) is 2.81. The third kappa shape index (κ3) is 2.26. The molecule has 1 unspecified atom stereocenters. The molecule has 0 fully saturated rings. The van der Waals surface area contributed by atoms with E-state index in [1.807, 2.05) is 0 Å². The lowest BCUT2D eigenvalue weighted by atomic mass is 10.3. The Kier molecular flexibility index (Phi) is 3.58. The summed E-state index contributed by atoms with van der Waals surface area (Å²) in [5.41, 5.74) is 2.34. The zero-order valence-corrected chi connectivity index (χ0v) is 10.7. The molecular formula is C11H17N3OS. The third-order valence-corrected chi connectivity index (χ3v) is 3.44. The molecule has 2 aromatic heterocycles. The maximum absolute atomic E-state index is 5.19. The van der Waals surface area contributed by atoms with Crippen molar-refractivity contribution in [1.29, 1.82) is 0 Å². The quantitative estimate of drug-likeness (QED) is 0.865. The highest BCUT2D eigenvalue weighted by Crippen LogP contribution is 2.16. The first kappa shape index (κ1) is 11.6. The fraction of sp³-hybridized carbons (Fsp3) is 0.545. The van der Waals surface area contributed by atoms with Gasteiger partial charge in [0.1, 0.15) is 0 Å². The highest BCUT2D eigenvalue weighted by Gasteiger charge is 2.09. The second-order valence-electron chi connectivity index (χ2n) is 3.88. The number of aromatic nitrogens is 2. The maximum Gasteiger partial charge on any atom is 0.194 e. The van der Waals surface area contributed by atoms with Crippen molar-refractivity contribution in [3.8, 4) is 0 Å². The Balaban J connectivity index is 2.03. The summed E-state index contributed by atoms with van der Waals surface area (Å²) in [5, 5.41) is 5.44. The number of nitrogens with zero attached hydrogens (tertiary/aromatic N) is 2. The smallest absolute Gasteiger partial charge is 0.194 e. The summed E-state index contributed by atoms with van der Waals surface area (Å²) in [6, 6.07) is 0. The van der Waals surface area contributed by atoms with E-state index in [0.717, 1.165) is 23.7 Å². The van der Waals surface area contributed by atoms with Crippen LogP contribution in [0, 0.1) is 6.92 Å². The number of fused-ring (bicyclic) bond motifs is 1. The first-order valence-electron chi connectivity index (χ1n) is 5.37. The molecule has 1 atom stereocenters. The molecule has 16 heavy (non-hydrogen) atoms. The van der Waals surface area contributed by atoms with E-state index in [1.165, 1.54) is 5.69 Å². The molecule has 0 aromatic carbocycles. The lowest BCUT2D eigenvalue weighted by molar-refractivity contribution is 0.117. The maximum atomic E-state index is 5.19. The van der Waals surface area contributed by atoms with E-state index >= 15 is 0 Å². The van der Waals surface area contributed by atoms with E-state index < -0.39 is 0 Å². The molecule has 0 saturated carbocycles. The van der Waals surface area contributed by atoms with Gasteiger partial charge in [-0.3, -0.25) is 4.40 Å². The predicted octanol–water partition coefficient (Wildman–Crippen LogP) is 1.83. The fourth-order valence-corrected chi connectivity index (χ4v) is 2.41. The van der Waals surface area contributed by atoms with Crippen LogP contribution in [0.1, 0.15) is 18.3 Å². The summed E-state index contributed by atoms with van der Waals surface area (Å²) in [5.74, 6) is 0. The molecule has 2 rings (SSSR count). The van der Waals surface area contributed by atoms with Crippen LogP contribution in [-0.4, -0.2) is 29.1 Å². The molecule has 0 spiro atoms. The number of imidazole rings is 1. The monoisotopic (exact) mass is 239 g/mol. The number of nitrogens with one attached hydrogen (secondary N) is 1. The van der Waals surface area contributed by atoms with Crippen molar-refractivity contribution in [3.63, 3.8) is 0 Å². The molecule has 2 heterocycles. The molecule has 0 amide bonds. The van der Waals surface area contributed by atoms with Gasteiger partial charge in [-0.15, -0.1) is 11.3 Å². The van der Waals surface area contributed by atoms with Crippen LogP contribution in [-0.2, 0) is 11.3 Å². The van der Waals surface area contributed by atoms with Crippen molar-refractivity contribution in [2.45, 2.75) is 26.5 Å². The fourth-order valence-electron chi connectivity index (χ4n) is 1.63. The summed E-state index contributed by atoms with van der Waals surface area (Å²) < 4.78 is 7.33. The Bertz CT molecular complexity index is 463. The molecule has 2 aromatic rings. The van der Waals surface area contributed by atoms with Crippen molar-refractivity contribution in [3.05, 3.63) is 23.0 Å². The van der Waals surface area contributed by atoms with Gasteiger partial charge in [-0.25, -0.2) is 4.98 Å². The van der Waals surface area contributed by atoms with Gasteiger partial charge in [-0.2, -0.15) is 0 Å². The lowest BCUT2D eigenvalue weighted by Crippen LogP contribution is -2.26. The number of thiazole rings is 1. The summed E-state index contributed by atoms with van der Waals surface area (Å²) in [6.07, 6.45) is 2.31. The topological polar surface area (TPSA) is 38.6 Å². The van der Waals surface area contributed by atoms with Crippen molar-refractivity contribution in [2.75, 3.05) is 13.7 Å². The standard InChI is InChI=1S/C11H17N3OS/c1-8(15-3)6-12-7-10-9(2)13-11-14(10)4-5-16-11/h4-5,8,12H,6-7H2,1-3H3. The Labute approximate surface area is 99.3 Å². The van der Waals surface area contributed by atoms with Gasteiger partial charge in [0.25, 0.3) is 0 Å². The van der Waals surface area contributed by atoms with Crippen molar-refractivity contribution in [2.24, 2.45) is 0 Å². The molecule has 0 radical (unpaired) electrons. The molecule has 0 aliphatic heterocycles. The van der Waals surface area contributed by atoms with Gasteiger partial charge in [0.15, 0.2) is 4.96 Å². The Morgan fingerprint density at radius 3 is 3.19 bits per heavy atom. The van der Waals surface area contributed by atoms with Crippen LogP contribution >= 0.6 is 11.3 Å². The first-order valence-corrected chi connectivity index (χ1v) is 6.25. The number of aryl methyl sites for hydroxylation is 1. The van der Waals surface area contributed by atoms with E-state index in [9.17, 15) is 0 Å². The van der Waals surface area contributed by atoms with Gasteiger partial charge < -0.3 is 10.1 Å². The minimum Gasteiger partial charge on any atom is -0.380 e. The molecule has 0 bridgehead atoms.